The van der Waals surface area contributed by atoms with Crippen LogP contribution in [-0.2, 0) is 0 Å². The van der Waals surface area contributed by atoms with Gasteiger partial charge in [0.2, 0.25) is 5.01 Å². The Labute approximate surface area is 191 Å². The van der Waals surface area contributed by atoms with Crippen LogP contribution in [0.1, 0.15) is 50.3 Å². The van der Waals surface area contributed by atoms with Gasteiger partial charge in [0.1, 0.15) is 5.01 Å². The lowest BCUT2D eigenvalue weighted by atomic mass is 9.99. The van der Waals surface area contributed by atoms with Gasteiger partial charge < -0.3 is 15.5 Å². The molecule has 1 atom stereocenters. The molecule has 3 amide bonds. The monoisotopic (exact) mass is 449 g/mol. The van der Waals surface area contributed by atoms with Gasteiger partial charge in [0.15, 0.2) is 0 Å². The van der Waals surface area contributed by atoms with E-state index < -0.39 is 0 Å². The van der Waals surface area contributed by atoms with Gasteiger partial charge in [-0.2, -0.15) is 0 Å². The molecule has 1 fully saturated rings. The minimum absolute atomic E-state index is 0.0751. The van der Waals surface area contributed by atoms with Gasteiger partial charge >= 0.3 is 6.03 Å². The second-order valence-corrected chi connectivity index (χ2v) is 9.26. The summed E-state index contributed by atoms with van der Waals surface area (Å²) in [5, 5.41) is 15.4. The average molecular weight is 450 g/mol. The predicted molar refractivity (Wildman–Crippen MR) is 128 cm³/mol. The van der Waals surface area contributed by atoms with Crippen molar-refractivity contribution in [3.8, 4) is 0 Å². The molecule has 0 spiro atoms. The summed E-state index contributed by atoms with van der Waals surface area (Å²) in [6, 6.07) is 13.5. The fraction of sp³-hybridized carbons (Fsp3) is 0.333. The number of aryl methyl sites for hydroxylation is 3. The number of urea groups is 1. The zero-order chi connectivity index (χ0) is 22.7. The number of carbonyl (C=O) groups excluding carboxylic acids is 2. The lowest BCUT2D eigenvalue weighted by Crippen LogP contribution is -2.41. The summed E-state index contributed by atoms with van der Waals surface area (Å²) in [6.45, 7) is 7.23. The molecule has 0 radical (unpaired) electrons. The van der Waals surface area contributed by atoms with Gasteiger partial charge in [-0.3, -0.25) is 4.79 Å². The normalized spacial score (nSPS) is 16.0. The molecule has 4 rings (SSSR count). The van der Waals surface area contributed by atoms with Crippen molar-refractivity contribution in [2.45, 2.75) is 39.5 Å². The Bertz CT molecular complexity index is 1140. The highest BCUT2D eigenvalue weighted by atomic mass is 32.1. The third-order valence-corrected chi connectivity index (χ3v) is 6.79. The van der Waals surface area contributed by atoms with Crippen molar-refractivity contribution in [3.05, 3.63) is 69.2 Å². The summed E-state index contributed by atoms with van der Waals surface area (Å²) in [5.41, 5.74) is 4.79. The summed E-state index contributed by atoms with van der Waals surface area (Å²) in [5.74, 6) is -0.186. The number of amides is 3. The van der Waals surface area contributed by atoms with Crippen LogP contribution in [0.25, 0.3) is 0 Å². The Balaban J connectivity index is 1.40. The Morgan fingerprint density at radius 3 is 2.56 bits per heavy atom. The predicted octanol–water partition coefficient (Wildman–Crippen LogP) is 5.13. The van der Waals surface area contributed by atoms with Gasteiger partial charge in [-0.05, 0) is 56.9 Å². The van der Waals surface area contributed by atoms with Gasteiger partial charge in [-0.25, -0.2) is 4.79 Å². The summed E-state index contributed by atoms with van der Waals surface area (Å²) >= 11 is 1.30. The number of rotatable bonds is 4. The van der Waals surface area contributed by atoms with E-state index in [0.29, 0.717) is 18.1 Å². The molecule has 1 aromatic heterocycles. The molecule has 2 N–H and O–H groups in total. The van der Waals surface area contributed by atoms with Gasteiger partial charge in [-0.1, -0.05) is 47.2 Å². The number of nitrogens with one attached hydrogen (secondary N) is 2. The number of aromatic nitrogens is 2. The third-order valence-electron chi connectivity index (χ3n) is 5.71. The summed E-state index contributed by atoms with van der Waals surface area (Å²) in [6.07, 6.45) is 1.80. The number of para-hydroxylation sites is 1. The Morgan fingerprint density at radius 2 is 1.78 bits per heavy atom. The van der Waals surface area contributed by atoms with Crippen molar-refractivity contribution in [2.75, 3.05) is 23.7 Å². The maximum absolute atomic E-state index is 12.8. The summed E-state index contributed by atoms with van der Waals surface area (Å²) < 4.78 is 0. The fourth-order valence-electron chi connectivity index (χ4n) is 3.89. The number of hydrogen-bond acceptors (Lipinski definition) is 5. The molecule has 3 aromatic rings. The Kier molecular flexibility index (Phi) is 6.50. The van der Waals surface area contributed by atoms with Crippen LogP contribution in [0.4, 0.5) is 16.2 Å². The first-order chi connectivity index (χ1) is 15.4. The first-order valence-electron chi connectivity index (χ1n) is 10.7. The number of piperidine rings is 1. The Morgan fingerprint density at radius 1 is 1.00 bits per heavy atom. The number of likely N-dealkylation sites (tertiary alicyclic amines) is 1. The quantitative estimate of drug-likeness (QED) is 0.578. The second kappa shape index (κ2) is 9.48. The minimum Gasteiger partial charge on any atom is -0.324 e. The van der Waals surface area contributed by atoms with E-state index in [4.69, 9.17) is 0 Å². The average Bonchev–Trinajstić information content (AvgIpc) is 3.28. The van der Waals surface area contributed by atoms with E-state index in [0.717, 1.165) is 45.9 Å². The Hall–Kier alpha value is -3.26. The smallest absolute Gasteiger partial charge is 0.321 e. The second-order valence-electron chi connectivity index (χ2n) is 8.25. The standard InChI is InChI=1S/C24H27N5O2S/c1-15-10-11-20(17(3)13-15)26-24(31)29-12-6-8-18(14-29)22-27-28-23(32-22)21(30)25-19-9-5-4-7-16(19)2/h4-5,7,9-11,13,18H,6,8,12,14H2,1-3H3,(H,25,30)(H,26,31). The lowest BCUT2D eigenvalue weighted by Gasteiger charge is -2.31. The van der Waals surface area contributed by atoms with Crippen LogP contribution in [-0.4, -0.2) is 40.1 Å². The molecule has 0 saturated carbocycles. The van der Waals surface area contributed by atoms with Gasteiger partial charge in [0, 0.05) is 30.4 Å². The highest BCUT2D eigenvalue weighted by Gasteiger charge is 2.28. The maximum Gasteiger partial charge on any atom is 0.321 e. The third kappa shape index (κ3) is 4.96. The van der Waals surface area contributed by atoms with Crippen molar-refractivity contribution in [2.24, 2.45) is 0 Å². The van der Waals surface area contributed by atoms with Crippen LogP contribution in [0.15, 0.2) is 42.5 Å². The molecule has 0 aliphatic carbocycles. The van der Waals surface area contributed by atoms with E-state index in [9.17, 15) is 9.59 Å². The largest absolute Gasteiger partial charge is 0.324 e. The lowest BCUT2D eigenvalue weighted by molar-refractivity contribution is 0.102. The summed E-state index contributed by atoms with van der Waals surface area (Å²) in [7, 11) is 0. The molecule has 2 aromatic carbocycles. The number of carbonyl (C=O) groups is 2. The molecule has 2 heterocycles. The van der Waals surface area contributed by atoms with E-state index in [1.165, 1.54) is 11.3 Å². The maximum atomic E-state index is 12.8. The zero-order valence-electron chi connectivity index (χ0n) is 18.5. The highest BCUT2D eigenvalue weighted by molar-refractivity contribution is 7.13. The number of anilines is 2. The molecular weight excluding hydrogens is 422 g/mol. The van der Waals surface area contributed by atoms with Crippen molar-refractivity contribution >= 4 is 34.6 Å². The van der Waals surface area contributed by atoms with Crippen LogP contribution < -0.4 is 10.6 Å². The number of nitrogens with zero attached hydrogens (tertiary/aromatic N) is 3. The molecule has 1 aliphatic heterocycles. The van der Waals surface area contributed by atoms with Crippen LogP contribution in [0, 0.1) is 20.8 Å². The molecule has 1 aliphatic rings. The molecule has 8 heteroatoms. The molecule has 1 saturated heterocycles. The molecule has 1 unspecified atom stereocenters. The van der Waals surface area contributed by atoms with E-state index in [1.54, 1.807) is 0 Å². The molecule has 166 valence electrons. The summed E-state index contributed by atoms with van der Waals surface area (Å²) in [4.78, 5) is 27.3. The zero-order valence-corrected chi connectivity index (χ0v) is 19.3. The van der Waals surface area contributed by atoms with E-state index >= 15 is 0 Å². The van der Waals surface area contributed by atoms with Crippen LogP contribution in [0.5, 0.6) is 0 Å². The van der Waals surface area contributed by atoms with Crippen molar-refractivity contribution < 1.29 is 9.59 Å². The molecular formula is C24H27N5O2S. The van der Waals surface area contributed by atoms with Crippen molar-refractivity contribution in [1.82, 2.24) is 15.1 Å². The topological polar surface area (TPSA) is 87.2 Å². The fourth-order valence-corrected chi connectivity index (χ4v) is 4.76. The number of hydrogen-bond donors (Lipinski definition) is 2. The van der Waals surface area contributed by atoms with Crippen LogP contribution >= 0.6 is 11.3 Å². The van der Waals surface area contributed by atoms with Gasteiger partial charge in [-0.15, -0.1) is 10.2 Å². The van der Waals surface area contributed by atoms with Crippen LogP contribution in [0.2, 0.25) is 0 Å². The molecule has 32 heavy (non-hydrogen) atoms. The van der Waals surface area contributed by atoms with E-state index in [2.05, 4.69) is 26.9 Å². The van der Waals surface area contributed by atoms with E-state index in [1.807, 2.05) is 62.1 Å². The molecule has 0 bridgehead atoms. The molecule has 7 nitrogen and oxygen atoms in total. The SMILES string of the molecule is Cc1ccc(NC(=O)N2CCCC(c3nnc(C(=O)Nc4ccccc4C)s3)C2)c(C)c1. The highest BCUT2D eigenvalue weighted by Crippen LogP contribution is 2.30. The van der Waals surface area contributed by atoms with Gasteiger partial charge in [0.05, 0.1) is 0 Å². The van der Waals surface area contributed by atoms with Crippen molar-refractivity contribution in [1.29, 1.82) is 0 Å². The van der Waals surface area contributed by atoms with Gasteiger partial charge in [0.25, 0.3) is 5.91 Å². The van der Waals surface area contributed by atoms with Crippen molar-refractivity contribution in [3.63, 3.8) is 0 Å². The first kappa shape index (κ1) is 22.0. The first-order valence-corrected chi connectivity index (χ1v) is 11.6. The minimum atomic E-state index is -0.261. The number of benzene rings is 2. The van der Waals surface area contributed by atoms with Crippen LogP contribution in [0.3, 0.4) is 0 Å². The van der Waals surface area contributed by atoms with E-state index in [-0.39, 0.29) is 17.9 Å².